The molecule has 2 rings (SSSR count). The third kappa shape index (κ3) is 3.05. The van der Waals surface area contributed by atoms with E-state index in [4.69, 9.17) is 5.26 Å². The van der Waals surface area contributed by atoms with Crippen LogP contribution in [0.5, 0.6) is 0 Å². The molecule has 0 radical (unpaired) electrons. The van der Waals surface area contributed by atoms with Gasteiger partial charge < -0.3 is 10.2 Å². The first kappa shape index (κ1) is 14.7. The van der Waals surface area contributed by atoms with Gasteiger partial charge >= 0.3 is 6.03 Å². The van der Waals surface area contributed by atoms with Crippen LogP contribution in [0.2, 0.25) is 0 Å². The van der Waals surface area contributed by atoms with Gasteiger partial charge in [0.15, 0.2) is 0 Å². The van der Waals surface area contributed by atoms with Gasteiger partial charge in [0, 0.05) is 23.6 Å². The number of nitrogens with zero attached hydrogens (tertiary/aromatic N) is 2. The van der Waals surface area contributed by atoms with Gasteiger partial charge in [-0.15, -0.1) is 0 Å². The molecule has 0 aliphatic carbocycles. The Kier molecular flexibility index (Phi) is 4.50. The molecular weight excluding hydrogens is 277 g/mol. The van der Waals surface area contributed by atoms with Gasteiger partial charge in [-0.05, 0) is 25.1 Å². The normalized spacial score (nSPS) is 22.2. The number of hydrogen-bond donors (Lipinski definition) is 1. The lowest BCUT2D eigenvalue weighted by Gasteiger charge is -2.37. The number of urea groups is 1. The third-order valence-electron chi connectivity index (χ3n) is 3.49. The number of amides is 2. The van der Waals surface area contributed by atoms with Crippen molar-refractivity contribution < 1.29 is 9.18 Å². The predicted molar refractivity (Wildman–Crippen MR) is 78.2 cm³/mol. The highest BCUT2D eigenvalue weighted by Gasteiger charge is 2.29. The van der Waals surface area contributed by atoms with E-state index >= 15 is 0 Å². The maximum absolute atomic E-state index is 13.1. The van der Waals surface area contributed by atoms with Crippen LogP contribution in [0.3, 0.4) is 0 Å². The van der Waals surface area contributed by atoms with E-state index < -0.39 is 5.82 Å². The van der Waals surface area contributed by atoms with E-state index in [0.717, 1.165) is 11.8 Å². The number of hydrogen-bond acceptors (Lipinski definition) is 3. The van der Waals surface area contributed by atoms with Gasteiger partial charge in [-0.1, -0.05) is 6.92 Å². The van der Waals surface area contributed by atoms with Crippen molar-refractivity contribution in [1.82, 2.24) is 4.90 Å². The zero-order chi connectivity index (χ0) is 14.7. The van der Waals surface area contributed by atoms with Crippen LogP contribution < -0.4 is 5.32 Å². The molecule has 1 fully saturated rings. The zero-order valence-corrected chi connectivity index (χ0v) is 12.2. The number of nitriles is 1. The Balaban J connectivity index is 2.14. The molecule has 2 atom stereocenters. The lowest BCUT2D eigenvalue weighted by Crippen LogP contribution is -2.49. The molecule has 1 aliphatic heterocycles. The summed E-state index contributed by atoms with van der Waals surface area (Å²) in [5.74, 6) is 0.406. The molecular formula is C14H16FN3OS. The molecule has 1 heterocycles. The van der Waals surface area contributed by atoms with Crippen LogP contribution in [0, 0.1) is 17.1 Å². The average molecular weight is 293 g/mol. The van der Waals surface area contributed by atoms with Crippen LogP contribution in [0.1, 0.15) is 19.4 Å². The third-order valence-corrected chi connectivity index (χ3v) is 4.83. The number of anilines is 1. The second kappa shape index (κ2) is 6.14. The largest absolute Gasteiger partial charge is 0.322 e. The van der Waals surface area contributed by atoms with Crippen LogP contribution in [0.15, 0.2) is 18.2 Å². The molecule has 0 bridgehead atoms. The Morgan fingerprint density at radius 3 is 3.00 bits per heavy atom. The standard InChI is InChI=1S/C14H16FN3OS/c1-9-10(2)20-6-5-18(9)14(19)17-13-4-3-12(15)7-11(13)8-16/h3-4,7,9-10H,5-6H2,1-2H3,(H,17,19). The van der Waals surface area contributed by atoms with Gasteiger partial charge in [0.05, 0.1) is 11.3 Å². The smallest absolute Gasteiger partial charge is 0.320 e. The Morgan fingerprint density at radius 2 is 2.30 bits per heavy atom. The van der Waals surface area contributed by atoms with Crippen molar-refractivity contribution in [2.45, 2.75) is 25.1 Å². The fourth-order valence-electron chi connectivity index (χ4n) is 2.12. The highest BCUT2D eigenvalue weighted by Crippen LogP contribution is 2.25. The Labute approximate surface area is 121 Å². The molecule has 1 saturated heterocycles. The number of nitrogens with one attached hydrogen (secondary N) is 1. The summed E-state index contributed by atoms with van der Waals surface area (Å²) >= 11 is 1.84. The first-order chi connectivity index (χ1) is 9.52. The van der Waals surface area contributed by atoms with E-state index in [1.54, 1.807) is 4.90 Å². The van der Waals surface area contributed by atoms with E-state index in [1.807, 2.05) is 24.8 Å². The predicted octanol–water partition coefficient (Wildman–Crippen LogP) is 3.06. The summed E-state index contributed by atoms with van der Waals surface area (Å²) in [6.07, 6.45) is 0. The maximum atomic E-state index is 13.1. The SMILES string of the molecule is CC1SCCN(C(=O)Nc2ccc(F)cc2C#N)C1C. The second-order valence-electron chi connectivity index (χ2n) is 4.74. The first-order valence-corrected chi connectivity index (χ1v) is 7.46. The summed E-state index contributed by atoms with van der Waals surface area (Å²) in [6.45, 7) is 4.77. The molecule has 106 valence electrons. The van der Waals surface area contributed by atoms with Crippen molar-refractivity contribution >= 4 is 23.5 Å². The summed E-state index contributed by atoms with van der Waals surface area (Å²) < 4.78 is 13.1. The van der Waals surface area contributed by atoms with E-state index in [0.29, 0.717) is 17.5 Å². The Morgan fingerprint density at radius 1 is 1.55 bits per heavy atom. The van der Waals surface area contributed by atoms with Crippen molar-refractivity contribution in [2.24, 2.45) is 0 Å². The monoisotopic (exact) mass is 293 g/mol. The molecule has 2 amide bonds. The molecule has 2 unspecified atom stereocenters. The number of thioether (sulfide) groups is 1. The van der Waals surface area contributed by atoms with E-state index in [1.165, 1.54) is 12.1 Å². The molecule has 1 aliphatic rings. The van der Waals surface area contributed by atoms with E-state index in [2.05, 4.69) is 12.2 Å². The quantitative estimate of drug-likeness (QED) is 0.865. The summed E-state index contributed by atoms with van der Waals surface area (Å²) in [6, 6.07) is 5.53. The molecule has 1 aromatic carbocycles. The van der Waals surface area contributed by atoms with Crippen molar-refractivity contribution in [1.29, 1.82) is 5.26 Å². The second-order valence-corrected chi connectivity index (χ2v) is 6.23. The minimum Gasteiger partial charge on any atom is -0.320 e. The molecule has 0 aromatic heterocycles. The van der Waals surface area contributed by atoms with Crippen molar-refractivity contribution in [3.8, 4) is 6.07 Å². The zero-order valence-electron chi connectivity index (χ0n) is 11.4. The van der Waals surface area contributed by atoms with Crippen LogP contribution in [0.25, 0.3) is 0 Å². The summed E-state index contributed by atoms with van der Waals surface area (Å²) in [7, 11) is 0. The molecule has 0 spiro atoms. The van der Waals surface area contributed by atoms with Gasteiger partial charge in [-0.25, -0.2) is 9.18 Å². The topological polar surface area (TPSA) is 56.1 Å². The first-order valence-electron chi connectivity index (χ1n) is 6.42. The highest BCUT2D eigenvalue weighted by molar-refractivity contribution is 8.00. The van der Waals surface area contributed by atoms with Crippen molar-refractivity contribution in [3.63, 3.8) is 0 Å². The van der Waals surface area contributed by atoms with Gasteiger partial charge in [-0.3, -0.25) is 0 Å². The molecule has 4 nitrogen and oxygen atoms in total. The number of halogens is 1. The maximum Gasteiger partial charge on any atom is 0.322 e. The van der Waals surface area contributed by atoms with E-state index in [-0.39, 0.29) is 17.6 Å². The Hall–Kier alpha value is -1.74. The van der Waals surface area contributed by atoms with Gasteiger partial charge in [0.1, 0.15) is 11.9 Å². The molecule has 1 aromatic rings. The van der Waals surface area contributed by atoms with E-state index in [9.17, 15) is 9.18 Å². The van der Waals surface area contributed by atoms with Gasteiger partial charge in [0.2, 0.25) is 0 Å². The Bertz CT molecular complexity index is 558. The van der Waals surface area contributed by atoms with Crippen molar-refractivity contribution in [3.05, 3.63) is 29.6 Å². The van der Waals surface area contributed by atoms with Gasteiger partial charge in [0.25, 0.3) is 0 Å². The minimum absolute atomic E-state index is 0.125. The van der Waals surface area contributed by atoms with Gasteiger partial charge in [-0.2, -0.15) is 17.0 Å². The number of benzene rings is 1. The fourth-order valence-corrected chi connectivity index (χ4v) is 3.22. The summed E-state index contributed by atoms with van der Waals surface area (Å²) in [5, 5.41) is 12.0. The molecule has 20 heavy (non-hydrogen) atoms. The lowest BCUT2D eigenvalue weighted by molar-refractivity contribution is 0.194. The van der Waals surface area contributed by atoms with Crippen LogP contribution in [-0.2, 0) is 0 Å². The summed E-state index contributed by atoms with van der Waals surface area (Å²) in [4.78, 5) is 14.0. The molecule has 6 heteroatoms. The van der Waals surface area contributed by atoms with Crippen LogP contribution >= 0.6 is 11.8 Å². The number of rotatable bonds is 1. The summed E-state index contributed by atoms with van der Waals surface area (Å²) in [5.41, 5.74) is 0.474. The van der Waals surface area contributed by atoms with Crippen LogP contribution in [-0.4, -0.2) is 34.5 Å². The number of carbonyl (C=O) groups is 1. The fraction of sp³-hybridized carbons (Fsp3) is 0.429. The average Bonchev–Trinajstić information content (AvgIpc) is 2.43. The van der Waals surface area contributed by atoms with Crippen molar-refractivity contribution in [2.75, 3.05) is 17.6 Å². The molecule has 0 saturated carbocycles. The number of carbonyl (C=O) groups excluding carboxylic acids is 1. The van der Waals surface area contributed by atoms with Crippen LogP contribution in [0.4, 0.5) is 14.9 Å². The lowest BCUT2D eigenvalue weighted by atomic mass is 10.2. The molecule has 1 N–H and O–H groups in total. The minimum atomic E-state index is -0.490. The highest BCUT2D eigenvalue weighted by atomic mass is 32.2.